The van der Waals surface area contributed by atoms with Crippen LogP contribution in [0.5, 0.6) is 0 Å². The van der Waals surface area contributed by atoms with E-state index in [4.69, 9.17) is 5.73 Å². The number of aryl methyl sites for hydroxylation is 1. The van der Waals surface area contributed by atoms with E-state index in [-0.39, 0.29) is 12.0 Å². The summed E-state index contributed by atoms with van der Waals surface area (Å²) in [5, 5.41) is 1.81. The lowest BCUT2D eigenvalue weighted by Crippen LogP contribution is -2.38. The van der Waals surface area contributed by atoms with Gasteiger partial charge in [0.05, 0.1) is 0 Å². The summed E-state index contributed by atoms with van der Waals surface area (Å²) in [4.78, 5) is 0. The summed E-state index contributed by atoms with van der Waals surface area (Å²) in [6.45, 7) is 5.22. The van der Waals surface area contributed by atoms with Crippen LogP contribution in [0.1, 0.15) is 31.4 Å². The summed E-state index contributed by atoms with van der Waals surface area (Å²) in [6.07, 6.45) is -0.364. The number of benzene rings is 2. The van der Waals surface area contributed by atoms with E-state index in [0.717, 1.165) is 16.3 Å². The number of fused-ring (bicyclic) bond motifs is 1. The van der Waals surface area contributed by atoms with E-state index in [2.05, 4.69) is 0 Å². The van der Waals surface area contributed by atoms with E-state index >= 15 is 0 Å². The fourth-order valence-electron chi connectivity index (χ4n) is 2.27. The zero-order valence-corrected chi connectivity index (χ0v) is 11.5. The van der Waals surface area contributed by atoms with Crippen LogP contribution in [-0.4, -0.2) is 5.54 Å². The van der Waals surface area contributed by atoms with E-state index in [9.17, 15) is 8.78 Å². The fourth-order valence-corrected chi connectivity index (χ4v) is 2.27. The molecule has 0 amide bonds. The Labute approximate surface area is 112 Å². The van der Waals surface area contributed by atoms with Crippen molar-refractivity contribution in [3.05, 3.63) is 47.5 Å². The predicted octanol–water partition coefficient (Wildman–Crippen LogP) is 4.37. The number of hydrogen-bond acceptors (Lipinski definition) is 1. The first-order valence-electron chi connectivity index (χ1n) is 6.35. The van der Waals surface area contributed by atoms with Crippen molar-refractivity contribution in [2.75, 3.05) is 0 Å². The average molecular weight is 263 g/mol. The maximum absolute atomic E-state index is 14.2. The molecule has 0 saturated heterocycles. The van der Waals surface area contributed by atoms with Gasteiger partial charge in [-0.15, -0.1) is 0 Å². The molecule has 1 nitrogen and oxygen atoms in total. The molecule has 0 radical (unpaired) electrons. The van der Waals surface area contributed by atoms with Gasteiger partial charge in [-0.2, -0.15) is 0 Å². The van der Waals surface area contributed by atoms with Crippen LogP contribution in [0.25, 0.3) is 10.8 Å². The summed E-state index contributed by atoms with van der Waals surface area (Å²) in [5.41, 5.74) is 5.96. The third-order valence-electron chi connectivity index (χ3n) is 3.10. The van der Waals surface area contributed by atoms with Gasteiger partial charge in [-0.25, -0.2) is 8.78 Å². The molecule has 3 heteroatoms. The Morgan fingerprint density at radius 3 is 2.21 bits per heavy atom. The number of nitrogens with two attached hydrogens (primary N) is 1. The Kier molecular flexibility index (Phi) is 3.35. The van der Waals surface area contributed by atoms with Crippen molar-refractivity contribution in [1.82, 2.24) is 0 Å². The van der Waals surface area contributed by atoms with Crippen molar-refractivity contribution in [3.8, 4) is 0 Å². The van der Waals surface area contributed by atoms with E-state index in [1.54, 1.807) is 26.0 Å². The second-order valence-corrected chi connectivity index (χ2v) is 5.94. The van der Waals surface area contributed by atoms with Crippen LogP contribution < -0.4 is 5.73 Å². The van der Waals surface area contributed by atoms with Gasteiger partial charge in [-0.05, 0) is 37.6 Å². The van der Waals surface area contributed by atoms with Gasteiger partial charge in [-0.3, -0.25) is 0 Å². The first-order chi connectivity index (χ1) is 8.67. The van der Waals surface area contributed by atoms with Crippen LogP contribution in [0.2, 0.25) is 0 Å². The molecule has 0 bridgehead atoms. The largest absolute Gasteiger partial charge is 0.325 e. The highest BCUT2D eigenvalue weighted by Gasteiger charge is 2.36. The number of alkyl halides is 2. The maximum atomic E-state index is 14.2. The summed E-state index contributed by atoms with van der Waals surface area (Å²) in [7, 11) is 0. The minimum Gasteiger partial charge on any atom is -0.325 e. The minimum atomic E-state index is -2.91. The monoisotopic (exact) mass is 263 g/mol. The molecular weight excluding hydrogens is 244 g/mol. The molecule has 0 heterocycles. The van der Waals surface area contributed by atoms with Gasteiger partial charge in [-0.1, -0.05) is 35.9 Å². The van der Waals surface area contributed by atoms with Gasteiger partial charge in [0.15, 0.2) is 0 Å². The van der Waals surface area contributed by atoms with Gasteiger partial charge in [0.2, 0.25) is 0 Å². The lowest BCUT2D eigenvalue weighted by molar-refractivity contribution is -0.0294. The Morgan fingerprint density at radius 2 is 1.58 bits per heavy atom. The molecule has 0 aliphatic heterocycles. The van der Waals surface area contributed by atoms with Gasteiger partial charge >= 0.3 is 0 Å². The van der Waals surface area contributed by atoms with E-state index < -0.39 is 11.5 Å². The van der Waals surface area contributed by atoms with E-state index in [0.29, 0.717) is 0 Å². The molecule has 0 spiro atoms. The smallest absolute Gasteiger partial charge is 0.275 e. The van der Waals surface area contributed by atoms with Crippen molar-refractivity contribution in [1.29, 1.82) is 0 Å². The number of hydrogen-bond donors (Lipinski definition) is 1. The van der Waals surface area contributed by atoms with Gasteiger partial charge in [0.1, 0.15) is 0 Å². The van der Waals surface area contributed by atoms with Crippen molar-refractivity contribution in [2.45, 2.75) is 38.7 Å². The Hall–Kier alpha value is -1.48. The van der Waals surface area contributed by atoms with Gasteiger partial charge < -0.3 is 5.73 Å². The van der Waals surface area contributed by atoms with E-state index in [1.165, 1.54) is 6.07 Å². The standard InChI is InChI=1S/C16H19F2N/c1-11-4-5-13-9-14(7-6-12(13)8-11)16(17,18)10-15(2,3)19/h4-9H,10,19H2,1-3H3. The maximum Gasteiger partial charge on any atom is 0.275 e. The molecule has 19 heavy (non-hydrogen) atoms. The van der Waals surface area contributed by atoms with Crippen LogP contribution in [0.3, 0.4) is 0 Å². The van der Waals surface area contributed by atoms with Crippen molar-refractivity contribution >= 4 is 10.8 Å². The highest BCUT2D eigenvalue weighted by atomic mass is 19.3. The molecule has 2 rings (SSSR count). The van der Waals surface area contributed by atoms with E-state index in [1.807, 2.05) is 25.1 Å². The van der Waals surface area contributed by atoms with Gasteiger partial charge in [0.25, 0.3) is 5.92 Å². The second-order valence-electron chi connectivity index (χ2n) is 5.94. The third-order valence-corrected chi connectivity index (χ3v) is 3.10. The summed E-state index contributed by atoms with van der Waals surface area (Å²) in [5.74, 6) is -2.91. The highest BCUT2D eigenvalue weighted by Crippen LogP contribution is 2.36. The lowest BCUT2D eigenvalue weighted by atomic mass is 9.92. The normalized spacial score (nSPS) is 12.9. The van der Waals surface area contributed by atoms with Crippen molar-refractivity contribution in [3.63, 3.8) is 0 Å². The molecule has 102 valence electrons. The Balaban J connectivity index is 2.43. The van der Waals surface area contributed by atoms with Crippen LogP contribution >= 0.6 is 0 Å². The molecule has 0 unspecified atom stereocenters. The second kappa shape index (κ2) is 4.57. The third kappa shape index (κ3) is 3.29. The molecule has 0 fully saturated rings. The molecule has 2 N–H and O–H groups in total. The quantitative estimate of drug-likeness (QED) is 0.874. The Morgan fingerprint density at radius 1 is 1.00 bits per heavy atom. The average Bonchev–Trinajstić information content (AvgIpc) is 2.25. The SMILES string of the molecule is Cc1ccc2cc(C(F)(F)CC(C)(C)N)ccc2c1. The topological polar surface area (TPSA) is 26.0 Å². The summed E-state index contributed by atoms with van der Waals surface area (Å²) >= 11 is 0. The van der Waals surface area contributed by atoms with Crippen LogP contribution in [0.15, 0.2) is 36.4 Å². The van der Waals surface area contributed by atoms with Crippen molar-refractivity contribution in [2.24, 2.45) is 5.73 Å². The molecule has 2 aromatic rings. The summed E-state index contributed by atoms with van der Waals surface area (Å²) < 4.78 is 28.4. The molecule has 0 saturated carbocycles. The highest BCUT2D eigenvalue weighted by molar-refractivity contribution is 5.83. The molecule has 0 aliphatic rings. The number of rotatable bonds is 3. The molecule has 0 aromatic heterocycles. The number of halogens is 2. The predicted molar refractivity (Wildman–Crippen MR) is 75.5 cm³/mol. The zero-order chi connectivity index (χ0) is 14.3. The molecular formula is C16H19F2N. The summed E-state index contributed by atoms with van der Waals surface area (Å²) in [6, 6.07) is 10.6. The molecule has 2 aromatic carbocycles. The van der Waals surface area contributed by atoms with Crippen molar-refractivity contribution < 1.29 is 8.78 Å². The van der Waals surface area contributed by atoms with Gasteiger partial charge in [0, 0.05) is 17.5 Å². The first kappa shape index (κ1) is 13.9. The fraction of sp³-hybridized carbons (Fsp3) is 0.375. The first-order valence-corrected chi connectivity index (χ1v) is 6.35. The Bertz CT molecular complexity index is 597. The molecule has 0 atom stereocenters. The van der Waals surface area contributed by atoms with Crippen LogP contribution in [0.4, 0.5) is 8.78 Å². The molecule has 0 aliphatic carbocycles. The van der Waals surface area contributed by atoms with Crippen LogP contribution in [-0.2, 0) is 5.92 Å². The minimum absolute atomic E-state index is 0.0300. The zero-order valence-electron chi connectivity index (χ0n) is 11.5. The van der Waals surface area contributed by atoms with Crippen LogP contribution in [0, 0.1) is 6.92 Å². The lowest BCUT2D eigenvalue weighted by Gasteiger charge is -2.26.